The minimum Gasteiger partial charge on any atom is -0.480 e. The van der Waals surface area contributed by atoms with Crippen LogP contribution < -0.4 is 0 Å². The molecule has 0 aliphatic heterocycles. The maximum absolute atomic E-state index is 11.6. The molecule has 0 aliphatic carbocycles. The van der Waals surface area contributed by atoms with Gasteiger partial charge in [-0.15, -0.1) is 0 Å². The normalized spacial score (nSPS) is 16.9. The van der Waals surface area contributed by atoms with Gasteiger partial charge in [-0.05, 0) is 24.7 Å². The van der Waals surface area contributed by atoms with Crippen molar-refractivity contribution in [1.29, 1.82) is 0 Å². The van der Waals surface area contributed by atoms with Gasteiger partial charge < -0.3 is 14.9 Å². The molecule has 1 unspecified atom stereocenters. The molecule has 5 nitrogen and oxygen atoms in total. The molecule has 0 aliphatic rings. The SMILES string of the molecule is CCC(C)(CC)C(CC)(C(=O)O)P(=O)(O)O. The zero-order chi connectivity index (χ0) is 13.2. The van der Waals surface area contributed by atoms with E-state index in [0.29, 0.717) is 12.8 Å². The van der Waals surface area contributed by atoms with E-state index in [1.165, 1.54) is 6.92 Å². The smallest absolute Gasteiger partial charge is 0.343 e. The molecule has 0 bridgehead atoms. The molecule has 0 radical (unpaired) electrons. The van der Waals surface area contributed by atoms with Crippen LogP contribution in [-0.4, -0.2) is 26.0 Å². The summed E-state index contributed by atoms with van der Waals surface area (Å²) in [7, 11) is -4.72. The first kappa shape index (κ1) is 15.6. The van der Waals surface area contributed by atoms with Crippen LogP contribution >= 0.6 is 7.60 Å². The van der Waals surface area contributed by atoms with Crippen LogP contribution in [0, 0.1) is 5.41 Å². The van der Waals surface area contributed by atoms with E-state index in [1.807, 2.05) is 0 Å². The third-order valence-corrected chi connectivity index (χ3v) is 5.96. The molecule has 0 fully saturated rings. The Bertz CT molecular complexity index is 304. The van der Waals surface area contributed by atoms with Crippen molar-refractivity contribution in [2.75, 3.05) is 0 Å². The van der Waals surface area contributed by atoms with E-state index >= 15 is 0 Å². The van der Waals surface area contributed by atoms with Crippen LogP contribution in [0.15, 0.2) is 0 Å². The Labute approximate surface area is 96.0 Å². The first-order chi connectivity index (χ1) is 7.13. The molecular weight excluding hydrogens is 231 g/mol. The molecule has 0 aromatic rings. The molecule has 0 heterocycles. The van der Waals surface area contributed by atoms with Crippen molar-refractivity contribution in [2.45, 2.75) is 52.1 Å². The first-order valence-corrected chi connectivity index (χ1v) is 7.03. The molecule has 16 heavy (non-hydrogen) atoms. The second-order valence-corrected chi connectivity index (χ2v) is 6.18. The van der Waals surface area contributed by atoms with E-state index in [0.717, 1.165) is 0 Å². The number of aliphatic carboxylic acids is 1. The minimum atomic E-state index is -4.72. The van der Waals surface area contributed by atoms with E-state index in [-0.39, 0.29) is 6.42 Å². The van der Waals surface area contributed by atoms with Gasteiger partial charge in [0.2, 0.25) is 0 Å². The minimum absolute atomic E-state index is 0.0786. The van der Waals surface area contributed by atoms with E-state index in [4.69, 9.17) is 0 Å². The summed E-state index contributed by atoms with van der Waals surface area (Å²) < 4.78 is 11.6. The molecule has 6 heteroatoms. The van der Waals surface area contributed by atoms with Crippen LogP contribution in [0.1, 0.15) is 47.0 Å². The predicted octanol–water partition coefficient (Wildman–Crippen LogP) is 2.22. The van der Waals surface area contributed by atoms with Gasteiger partial charge in [-0.2, -0.15) is 0 Å². The highest BCUT2D eigenvalue weighted by molar-refractivity contribution is 7.54. The monoisotopic (exact) mass is 252 g/mol. The molecule has 0 saturated heterocycles. The number of carboxylic acids is 1. The highest BCUT2D eigenvalue weighted by Crippen LogP contribution is 2.63. The summed E-state index contributed by atoms with van der Waals surface area (Å²) >= 11 is 0. The Kier molecular flexibility index (Phi) is 4.75. The fraction of sp³-hybridized carbons (Fsp3) is 0.900. The molecule has 0 amide bonds. The maximum atomic E-state index is 11.6. The summed E-state index contributed by atoms with van der Waals surface area (Å²) in [5.74, 6) is -1.41. The fourth-order valence-electron chi connectivity index (χ4n) is 2.35. The molecule has 96 valence electrons. The lowest BCUT2D eigenvalue weighted by molar-refractivity contribution is -0.145. The zero-order valence-electron chi connectivity index (χ0n) is 10.2. The zero-order valence-corrected chi connectivity index (χ0v) is 11.1. The summed E-state index contributed by atoms with van der Waals surface area (Å²) in [6.07, 6.45) is 0.744. The number of rotatable bonds is 6. The van der Waals surface area contributed by atoms with Crippen molar-refractivity contribution in [3.05, 3.63) is 0 Å². The molecule has 0 aromatic carbocycles. The van der Waals surface area contributed by atoms with Crippen molar-refractivity contribution in [3.63, 3.8) is 0 Å². The Balaban J connectivity index is 5.94. The average Bonchev–Trinajstić information content (AvgIpc) is 2.16. The van der Waals surface area contributed by atoms with E-state index in [1.54, 1.807) is 20.8 Å². The fourth-order valence-corrected chi connectivity index (χ4v) is 4.03. The summed E-state index contributed by atoms with van der Waals surface area (Å²) in [6.45, 7) is 6.65. The summed E-state index contributed by atoms with van der Waals surface area (Å²) in [5, 5.41) is 7.28. The van der Waals surface area contributed by atoms with Crippen molar-refractivity contribution in [2.24, 2.45) is 5.41 Å². The van der Waals surface area contributed by atoms with E-state index in [9.17, 15) is 24.3 Å². The van der Waals surface area contributed by atoms with Gasteiger partial charge in [-0.1, -0.05) is 27.7 Å². The summed E-state index contributed by atoms with van der Waals surface area (Å²) in [4.78, 5) is 30.2. The number of hydrogen-bond acceptors (Lipinski definition) is 2. The highest BCUT2D eigenvalue weighted by Gasteiger charge is 2.62. The quantitative estimate of drug-likeness (QED) is 0.630. The van der Waals surface area contributed by atoms with Gasteiger partial charge in [0.1, 0.15) is 0 Å². The van der Waals surface area contributed by atoms with Crippen LogP contribution in [0.5, 0.6) is 0 Å². The second kappa shape index (κ2) is 4.86. The standard InChI is InChI=1S/C10H21O5P/c1-5-9(4,6-2)10(7-3,8(11)12)16(13,14)15/h5-7H2,1-4H3,(H,11,12)(H2,13,14,15). The van der Waals surface area contributed by atoms with Gasteiger partial charge in [0.25, 0.3) is 0 Å². The van der Waals surface area contributed by atoms with Gasteiger partial charge in [0.05, 0.1) is 0 Å². The summed E-state index contributed by atoms with van der Waals surface area (Å²) in [5.41, 5.74) is -0.910. The Morgan fingerprint density at radius 3 is 1.56 bits per heavy atom. The lowest BCUT2D eigenvalue weighted by Gasteiger charge is -2.44. The maximum Gasteiger partial charge on any atom is 0.343 e. The number of carbonyl (C=O) groups is 1. The molecular formula is C10H21O5P. The Hall–Kier alpha value is -0.380. The Morgan fingerprint density at radius 2 is 1.50 bits per heavy atom. The van der Waals surface area contributed by atoms with Gasteiger partial charge in [-0.3, -0.25) is 9.36 Å². The third kappa shape index (κ3) is 2.04. The number of hydrogen-bond donors (Lipinski definition) is 3. The highest BCUT2D eigenvalue weighted by atomic mass is 31.2. The van der Waals surface area contributed by atoms with Crippen LogP contribution in [0.4, 0.5) is 0 Å². The van der Waals surface area contributed by atoms with Gasteiger partial charge in [0.15, 0.2) is 5.16 Å². The largest absolute Gasteiger partial charge is 0.480 e. The number of carboxylic acid groups (broad SMARTS) is 1. The van der Waals surface area contributed by atoms with Gasteiger partial charge >= 0.3 is 13.6 Å². The van der Waals surface area contributed by atoms with Crippen molar-refractivity contribution < 1.29 is 24.3 Å². The Morgan fingerprint density at radius 1 is 1.12 bits per heavy atom. The van der Waals surface area contributed by atoms with Crippen LogP contribution in [0.2, 0.25) is 0 Å². The predicted molar refractivity (Wildman–Crippen MR) is 61.4 cm³/mol. The van der Waals surface area contributed by atoms with E-state index in [2.05, 4.69) is 0 Å². The van der Waals surface area contributed by atoms with Crippen LogP contribution in [0.3, 0.4) is 0 Å². The van der Waals surface area contributed by atoms with Gasteiger partial charge in [0, 0.05) is 0 Å². The lowest BCUT2D eigenvalue weighted by atomic mass is 9.71. The third-order valence-electron chi connectivity index (χ3n) is 3.92. The topological polar surface area (TPSA) is 94.8 Å². The van der Waals surface area contributed by atoms with E-state index < -0.39 is 24.1 Å². The first-order valence-electron chi connectivity index (χ1n) is 5.42. The summed E-state index contributed by atoms with van der Waals surface area (Å²) in [6, 6.07) is 0. The molecule has 0 rings (SSSR count). The lowest BCUT2D eigenvalue weighted by Crippen LogP contribution is -2.51. The molecule has 0 spiro atoms. The van der Waals surface area contributed by atoms with Crippen molar-refractivity contribution >= 4 is 13.6 Å². The molecule has 0 aromatic heterocycles. The van der Waals surface area contributed by atoms with Gasteiger partial charge in [-0.25, -0.2) is 0 Å². The molecule has 0 saturated carbocycles. The second-order valence-electron chi connectivity index (χ2n) is 4.33. The van der Waals surface area contributed by atoms with Crippen molar-refractivity contribution in [3.8, 4) is 0 Å². The molecule has 1 atom stereocenters. The van der Waals surface area contributed by atoms with Crippen LogP contribution in [-0.2, 0) is 9.36 Å². The van der Waals surface area contributed by atoms with Crippen LogP contribution in [0.25, 0.3) is 0 Å². The average molecular weight is 252 g/mol. The van der Waals surface area contributed by atoms with Crippen molar-refractivity contribution in [1.82, 2.24) is 0 Å². The molecule has 3 N–H and O–H groups in total.